The number of imidazole rings is 1. The Hall–Kier alpha value is -2.94. The van der Waals surface area contributed by atoms with E-state index in [0.29, 0.717) is 34.9 Å². The third-order valence-electron chi connectivity index (χ3n) is 4.93. The summed E-state index contributed by atoms with van der Waals surface area (Å²) < 4.78 is 14.5. The Morgan fingerprint density at radius 2 is 2.10 bits per heavy atom. The molecule has 0 aromatic carbocycles. The number of ether oxygens (including phenoxy) is 2. The van der Waals surface area contributed by atoms with Crippen molar-refractivity contribution in [3.63, 3.8) is 0 Å². The van der Waals surface area contributed by atoms with Crippen molar-refractivity contribution >= 4 is 17.4 Å². The number of aromatic nitrogens is 5. The van der Waals surface area contributed by atoms with Crippen molar-refractivity contribution in [1.29, 1.82) is 0 Å². The van der Waals surface area contributed by atoms with E-state index in [0.717, 1.165) is 38.3 Å². The largest absolute Gasteiger partial charge is 0.478 e. The molecule has 0 spiro atoms. The van der Waals surface area contributed by atoms with Crippen LogP contribution < -0.4 is 10.1 Å². The van der Waals surface area contributed by atoms with Gasteiger partial charge in [-0.15, -0.1) is 0 Å². The number of amides is 1. The Kier molecular flexibility index (Phi) is 5.48. The van der Waals surface area contributed by atoms with Gasteiger partial charge in [0.25, 0.3) is 11.8 Å². The molecule has 4 rings (SSSR count). The van der Waals surface area contributed by atoms with Gasteiger partial charge in [-0.3, -0.25) is 13.9 Å². The summed E-state index contributed by atoms with van der Waals surface area (Å²) in [5, 5.41) is 7.14. The number of hydrogen-bond acceptors (Lipinski definition) is 6. The van der Waals surface area contributed by atoms with E-state index in [1.807, 2.05) is 16.8 Å². The normalized spacial score (nSPS) is 15.2. The number of hydrogen-bond donors (Lipinski definition) is 1. The van der Waals surface area contributed by atoms with Gasteiger partial charge in [-0.25, -0.2) is 4.98 Å². The summed E-state index contributed by atoms with van der Waals surface area (Å²) in [5.41, 5.74) is 1.97. The van der Waals surface area contributed by atoms with E-state index in [1.165, 1.54) is 0 Å². The van der Waals surface area contributed by atoms with Crippen LogP contribution in [0.4, 0.5) is 5.82 Å². The molecule has 4 heterocycles. The number of nitrogens with zero attached hydrogens (tertiary/aromatic N) is 5. The fraction of sp³-hybridized carbons (Fsp3) is 0.500. The van der Waals surface area contributed by atoms with Crippen LogP contribution in [0.1, 0.15) is 48.8 Å². The number of carbonyl (C=O) groups is 1. The van der Waals surface area contributed by atoms with Crippen LogP contribution >= 0.6 is 0 Å². The Balaban J connectivity index is 1.57. The topological polar surface area (TPSA) is 95.6 Å². The third kappa shape index (κ3) is 4.24. The predicted octanol–water partition coefficient (Wildman–Crippen LogP) is 2.74. The molecule has 1 aliphatic rings. The number of methoxy groups -OCH3 is 1. The predicted molar refractivity (Wildman–Crippen MR) is 107 cm³/mol. The number of nitrogens with one attached hydrogen (secondary N) is 1. The third-order valence-corrected chi connectivity index (χ3v) is 4.93. The van der Waals surface area contributed by atoms with Gasteiger partial charge in [0.1, 0.15) is 0 Å². The Morgan fingerprint density at radius 1 is 1.31 bits per heavy atom. The van der Waals surface area contributed by atoms with Gasteiger partial charge >= 0.3 is 0 Å². The average Bonchev–Trinajstić information content (AvgIpc) is 3.34. The minimum atomic E-state index is -0.314. The minimum Gasteiger partial charge on any atom is -0.478 e. The van der Waals surface area contributed by atoms with Crippen LogP contribution in [0.3, 0.4) is 0 Å². The monoisotopic (exact) mass is 398 g/mol. The van der Waals surface area contributed by atoms with Crippen molar-refractivity contribution in [2.75, 3.05) is 25.6 Å². The molecule has 1 aliphatic heterocycles. The molecule has 0 unspecified atom stereocenters. The first-order valence-electron chi connectivity index (χ1n) is 9.89. The SMILES string of the molecule is COc1nc(NC(=O)c2ccn(CC(C)C)n2)cn2cc(C3CCOCC3)nc12. The highest BCUT2D eigenvalue weighted by molar-refractivity contribution is 6.02. The summed E-state index contributed by atoms with van der Waals surface area (Å²) >= 11 is 0. The van der Waals surface area contributed by atoms with Gasteiger partial charge in [-0.1, -0.05) is 13.8 Å². The Labute approximate surface area is 169 Å². The lowest BCUT2D eigenvalue weighted by molar-refractivity contribution is 0.0846. The second kappa shape index (κ2) is 8.20. The van der Waals surface area contributed by atoms with E-state index in [1.54, 1.807) is 24.1 Å². The average molecular weight is 398 g/mol. The summed E-state index contributed by atoms with van der Waals surface area (Å²) in [6.07, 6.45) is 7.42. The van der Waals surface area contributed by atoms with Gasteiger partial charge in [0.2, 0.25) is 5.65 Å². The van der Waals surface area contributed by atoms with E-state index < -0.39 is 0 Å². The van der Waals surface area contributed by atoms with Crippen LogP contribution in [0.25, 0.3) is 5.65 Å². The molecule has 0 atom stereocenters. The molecular weight excluding hydrogens is 372 g/mol. The lowest BCUT2D eigenvalue weighted by Crippen LogP contribution is -2.15. The van der Waals surface area contributed by atoms with Crippen LogP contribution in [0.15, 0.2) is 24.7 Å². The van der Waals surface area contributed by atoms with Crippen LogP contribution in [-0.4, -0.2) is 50.4 Å². The smallest absolute Gasteiger partial charge is 0.277 e. The minimum absolute atomic E-state index is 0.314. The van der Waals surface area contributed by atoms with Crippen molar-refractivity contribution in [2.45, 2.75) is 39.2 Å². The molecule has 0 saturated carbocycles. The molecule has 29 heavy (non-hydrogen) atoms. The summed E-state index contributed by atoms with van der Waals surface area (Å²) in [4.78, 5) is 21.7. The molecule has 3 aromatic heterocycles. The summed E-state index contributed by atoms with van der Waals surface area (Å²) in [6.45, 7) is 6.46. The fourth-order valence-electron chi connectivity index (χ4n) is 3.52. The van der Waals surface area contributed by atoms with Gasteiger partial charge < -0.3 is 14.8 Å². The number of carbonyl (C=O) groups excluding carboxylic acids is 1. The maximum Gasteiger partial charge on any atom is 0.277 e. The summed E-state index contributed by atoms with van der Waals surface area (Å²) in [6, 6.07) is 1.70. The number of anilines is 1. The molecule has 3 aromatic rings. The van der Waals surface area contributed by atoms with Gasteiger partial charge in [0, 0.05) is 38.1 Å². The molecular formula is C20H26N6O3. The lowest BCUT2D eigenvalue weighted by atomic mass is 9.97. The molecule has 154 valence electrons. The zero-order chi connectivity index (χ0) is 20.4. The van der Waals surface area contributed by atoms with E-state index >= 15 is 0 Å². The number of fused-ring (bicyclic) bond motifs is 1. The van der Waals surface area contributed by atoms with Crippen molar-refractivity contribution in [3.8, 4) is 5.88 Å². The summed E-state index contributed by atoms with van der Waals surface area (Å²) in [5.74, 6) is 1.24. The van der Waals surface area contributed by atoms with Crippen molar-refractivity contribution < 1.29 is 14.3 Å². The highest BCUT2D eigenvalue weighted by atomic mass is 16.5. The number of rotatable bonds is 6. The van der Waals surface area contributed by atoms with Gasteiger partial charge in [-0.05, 0) is 24.8 Å². The van der Waals surface area contributed by atoms with Gasteiger partial charge in [0.05, 0.1) is 19.0 Å². The summed E-state index contributed by atoms with van der Waals surface area (Å²) in [7, 11) is 1.55. The second-order valence-corrected chi connectivity index (χ2v) is 7.69. The fourth-order valence-corrected chi connectivity index (χ4v) is 3.52. The molecule has 0 radical (unpaired) electrons. The van der Waals surface area contributed by atoms with Crippen molar-refractivity contribution in [3.05, 3.63) is 36.0 Å². The van der Waals surface area contributed by atoms with Crippen LogP contribution in [0.5, 0.6) is 5.88 Å². The zero-order valence-electron chi connectivity index (χ0n) is 17.0. The van der Waals surface area contributed by atoms with Crippen LogP contribution in [0.2, 0.25) is 0 Å². The highest BCUT2D eigenvalue weighted by Crippen LogP contribution is 2.28. The Morgan fingerprint density at radius 3 is 2.83 bits per heavy atom. The van der Waals surface area contributed by atoms with Gasteiger partial charge in [0.15, 0.2) is 11.5 Å². The van der Waals surface area contributed by atoms with Crippen LogP contribution in [0, 0.1) is 5.92 Å². The standard InChI is InChI=1S/C20H26N6O3/c1-13(2)10-26-7-4-15(24-26)19(27)22-17-12-25-11-16(14-5-8-29-9-6-14)21-18(25)20(23-17)28-3/h4,7,11-14H,5-6,8-10H2,1-3H3,(H,22,27). The van der Waals surface area contributed by atoms with E-state index in [9.17, 15) is 4.79 Å². The maximum absolute atomic E-state index is 12.6. The highest BCUT2D eigenvalue weighted by Gasteiger charge is 2.21. The van der Waals surface area contributed by atoms with Crippen molar-refractivity contribution in [1.82, 2.24) is 24.1 Å². The first kappa shape index (κ1) is 19.4. The molecule has 1 saturated heterocycles. The molecule has 0 aliphatic carbocycles. The Bertz CT molecular complexity index is 1000. The van der Waals surface area contributed by atoms with Crippen LogP contribution in [-0.2, 0) is 11.3 Å². The maximum atomic E-state index is 12.6. The lowest BCUT2D eigenvalue weighted by Gasteiger charge is -2.19. The van der Waals surface area contributed by atoms with Crippen molar-refractivity contribution in [2.24, 2.45) is 5.92 Å². The van der Waals surface area contributed by atoms with E-state index in [2.05, 4.69) is 29.2 Å². The molecule has 9 heteroatoms. The second-order valence-electron chi connectivity index (χ2n) is 7.69. The zero-order valence-corrected chi connectivity index (χ0v) is 17.0. The van der Waals surface area contributed by atoms with E-state index in [-0.39, 0.29) is 5.91 Å². The molecule has 1 amide bonds. The molecule has 9 nitrogen and oxygen atoms in total. The first-order chi connectivity index (χ1) is 14.0. The molecule has 1 N–H and O–H groups in total. The van der Waals surface area contributed by atoms with E-state index in [4.69, 9.17) is 14.5 Å². The molecule has 1 fully saturated rings. The quantitative estimate of drug-likeness (QED) is 0.686. The molecule has 0 bridgehead atoms. The first-order valence-corrected chi connectivity index (χ1v) is 9.89. The van der Waals surface area contributed by atoms with Gasteiger partial charge in [-0.2, -0.15) is 10.1 Å².